The zero-order valence-electron chi connectivity index (χ0n) is 10.3. The maximum atomic E-state index is 13.8. The Morgan fingerprint density at radius 3 is 2.56 bits per heavy atom. The third-order valence-corrected chi connectivity index (χ3v) is 2.60. The Hall–Kier alpha value is -1.87. The summed E-state index contributed by atoms with van der Waals surface area (Å²) in [7, 11) is 0. The van der Waals surface area contributed by atoms with Crippen molar-refractivity contribution in [1.82, 2.24) is 5.32 Å². The van der Waals surface area contributed by atoms with Gasteiger partial charge in [0.15, 0.2) is 0 Å². The first-order valence-electron chi connectivity index (χ1n) is 6.02. The molecule has 0 aromatic heterocycles. The quantitative estimate of drug-likeness (QED) is 0.866. The zero-order chi connectivity index (χ0) is 12.8. The number of benzene rings is 2. The maximum absolute atomic E-state index is 13.8. The molecule has 0 heterocycles. The lowest BCUT2D eigenvalue weighted by molar-refractivity contribution is 0.463. The van der Waals surface area contributed by atoms with Crippen LogP contribution < -0.4 is 10.1 Å². The molecule has 18 heavy (non-hydrogen) atoms. The highest BCUT2D eigenvalue weighted by Crippen LogP contribution is 2.26. The second kappa shape index (κ2) is 6.17. The lowest BCUT2D eigenvalue weighted by atomic mass is 10.2. The lowest BCUT2D eigenvalue weighted by Crippen LogP contribution is -2.13. The van der Waals surface area contributed by atoms with Gasteiger partial charge in [0, 0.05) is 12.1 Å². The highest BCUT2D eigenvalue weighted by Gasteiger charge is 2.09. The Balaban J connectivity index is 2.24. The third kappa shape index (κ3) is 3.08. The van der Waals surface area contributed by atoms with Gasteiger partial charge in [-0.15, -0.1) is 0 Å². The molecule has 2 rings (SSSR count). The van der Waals surface area contributed by atoms with Crippen molar-refractivity contribution in [3.05, 3.63) is 59.9 Å². The molecule has 0 aliphatic carbocycles. The first-order valence-corrected chi connectivity index (χ1v) is 6.02. The van der Waals surface area contributed by atoms with Crippen LogP contribution >= 0.6 is 0 Å². The summed E-state index contributed by atoms with van der Waals surface area (Å²) in [6, 6.07) is 14.3. The van der Waals surface area contributed by atoms with E-state index in [4.69, 9.17) is 4.74 Å². The molecule has 2 nitrogen and oxygen atoms in total. The molecule has 0 spiro atoms. The minimum atomic E-state index is -0.246. The van der Waals surface area contributed by atoms with Gasteiger partial charge >= 0.3 is 0 Å². The normalized spacial score (nSPS) is 10.3. The second-order valence-electron chi connectivity index (χ2n) is 3.91. The van der Waals surface area contributed by atoms with Crippen molar-refractivity contribution >= 4 is 0 Å². The van der Waals surface area contributed by atoms with Crippen molar-refractivity contribution in [2.24, 2.45) is 0 Å². The maximum Gasteiger partial charge on any atom is 0.134 e. The van der Waals surface area contributed by atoms with Crippen LogP contribution in [0.15, 0.2) is 48.5 Å². The average molecular weight is 245 g/mol. The van der Waals surface area contributed by atoms with E-state index in [9.17, 15) is 4.39 Å². The Morgan fingerprint density at radius 1 is 1.06 bits per heavy atom. The van der Waals surface area contributed by atoms with Gasteiger partial charge in [0.25, 0.3) is 0 Å². The van der Waals surface area contributed by atoms with Crippen molar-refractivity contribution in [2.45, 2.75) is 13.5 Å². The Labute approximate surface area is 106 Å². The van der Waals surface area contributed by atoms with Crippen LogP contribution in [0.1, 0.15) is 12.5 Å². The summed E-state index contributed by atoms with van der Waals surface area (Å²) in [5.74, 6) is 1.02. The summed E-state index contributed by atoms with van der Waals surface area (Å²) >= 11 is 0. The standard InChI is InChI=1S/C15H16FNO/c1-2-17-11-13-14(16)9-6-10-15(13)18-12-7-4-3-5-8-12/h3-10,17H,2,11H2,1H3. The molecule has 0 aliphatic heterocycles. The van der Waals surface area contributed by atoms with Gasteiger partial charge in [-0.2, -0.15) is 0 Å². The van der Waals surface area contributed by atoms with Crippen LogP contribution in [0.4, 0.5) is 4.39 Å². The van der Waals surface area contributed by atoms with Crippen molar-refractivity contribution in [3.63, 3.8) is 0 Å². The van der Waals surface area contributed by atoms with Crippen LogP contribution in [0.5, 0.6) is 11.5 Å². The molecule has 0 saturated heterocycles. The predicted molar refractivity (Wildman–Crippen MR) is 70.3 cm³/mol. The number of nitrogens with one attached hydrogen (secondary N) is 1. The van der Waals surface area contributed by atoms with Gasteiger partial charge in [-0.25, -0.2) is 4.39 Å². The first kappa shape index (κ1) is 12.6. The van der Waals surface area contributed by atoms with Crippen LogP contribution in [0.25, 0.3) is 0 Å². The molecule has 2 aromatic carbocycles. The molecule has 0 atom stereocenters. The minimum Gasteiger partial charge on any atom is -0.457 e. The van der Waals surface area contributed by atoms with Gasteiger partial charge in [-0.05, 0) is 30.8 Å². The van der Waals surface area contributed by atoms with Gasteiger partial charge < -0.3 is 10.1 Å². The zero-order valence-corrected chi connectivity index (χ0v) is 10.3. The van der Waals surface area contributed by atoms with Gasteiger partial charge in [0.1, 0.15) is 17.3 Å². The van der Waals surface area contributed by atoms with Crippen LogP contribution in [-0.2, 0) is 6.54 Å². The van der Waals surface area contributed by atoms with Crippen LogP contribution in [0, 0.1) is 5.82 Å². The molecule has 3 heteroatoms. The Bertz CT molecular complexity index is 499. The predicted octanol–water partition coefficient (Wildman–Crippen LogP) is 3.73. The summed E-state index contributed by atoms with van der Waals surface area (Å²) in [5, 5.41) is 3.11. The molecule has 94 valence electrons. The summed E-state index contributed by atoms with van der Waals surface area (Å²) in [5.41, 5.74) is 0.559. The first-order chi connectivity index (χ1) is 8.81. The van der Waals surface area contributed by atoms with Crippen LogP contribution in [0.2, 0.25) is 0 Å². The smallest absolute Gasteiger partial charge is 0.134 e. The Morgan fingerprint density at radius 2 is 1.83 bits per heavy atom. The molecule has 1 N–H and O–H groups in total. The summed E-state index contributed by atoms with van der Waals surface area (Å²) in [4.78, 5) is 0. The van der Waals surface area contributed by atoms with Crippen molar-refractivity contribution in [3.8, 4) is 11.5 Å². The highest BCUT2D eigenvalue weighted by atomic mass is 19.1. The largest absolute Gasteiger partial charge is 0.457 e. The van der Waals surface area contributed by atoms with Gasteiger partial charge in [0.05, 0.1) is 0 Å². The van der Waals surface area contributed by atoms with Crippen molar-refractivity contribution in [2.75, 3.05) is 6.54 Å². The highest BCUT2D eigenvalue weighted by molar-refractivity contribution is 5.38. The van der Waals surface area contributed by atoms with E-state index in [1.54, 1.807) is 12.1 Å². The molecule has 0 radical (unpaired) electrons. The summed E-state index contributed by atoms with van der Waals surface area (Å²) < 4.78 is 19.5. The second-order valence-corrected chi connectivity index (χ2v) is 3.91. The summed E-state index contributed by atoms with van der Waals surface area (Å²) in [6.07, 6.45) is 0. The van der Waals surface area contributed by atoms with E-state index in [-0.39, 0.29) is 5.82 Å². The fraction of sp³-hybridized carbons (Fsp3) is 0.200. The van der Waals surface area contributed by atoms with E-state index in [1.807, 2.05) is 37.3 Å². The fourth-order valence-corrected chi connectivity index (χ4v) is 1.67. The molecule has 0 fully saturated rings. The molecular weight excluding hydrogens is 229 g/mol. The SMILES string of the molecule is CCNCc1c(F)cccc1Oc1ccccc1. The van der Waals surface area contributed by atoms with Gasteiger partial charge in [-0.3, -0.25) is 0 Å². The summed E-state index contributed by atoms with van der Waals surface area (Å²) in [6.45, 7) is 3.24. The number of hydrogen-bond acceptors (Lipinski definition) is 2. The number of halogens is 1. The van der Waals surface area contributed by atoms with Gasteiger partial charge in [-0.1, -0.05) is 31.2 Å². The Kier molecular flexibility index (Phi) is 4.31. The molecule has 0 amide bonds. The van der Waals surface area contributed by atoms with Crippen LogP contribution in [-0.4, -0.2) is 6.54 Å². The average Bonchev–Trinajstić information content (AvgIpc) is 2.39. The van der Waals surface area contributed by atoms with E-state index in [0.717, 1.165) is 6.54 Å². The van der Waals surface area contributed by atoms with E-state index in [0.29, 0.717) is 23.6 Å². The van der Waals surface area contributed by atoms with Crippen molar-refractivity contribution in [1.29, 1.82) is 0 Å². The molecule has 0 bridgehead atoms. The molecule has 2 aromatic rings. The number of para-hydroxylation sites is 1. The minimum absolute atomic E-state index is 0.246. The van der Waals surface area contributed by atoms with E-state index >= 15 is 0 Å². The number of rotatable bonds is 5. The lowest BCUT2D eigenvalue weighted by Gasteiger charge is -2.12. The third-order valence-electron chi connectivity index (χ3n) is 2.60. The van der Waals surface area contributed by atoms with E-state index < -0.39 is 0 Å². The molecule has 0 unspecified atom stereocenters. The molecule has 0 aliphatic rings. The number of hydrogen-bond donors (Lipinski definition) is 1. The molecule has 0 saturated carbocycles. The van der Waals surface area contributed by atoms with E-state index in [2.05, 4.69) is 5.32 Å². The topological polar surface area (TPSA) is 21.3 Å². The fourth-order valence-electron chi connectivity index (χ4n) is 1.67. The molecular formula is C15H16FNO. The van der Waals surface area contributed by atoms with Crippen LogP contribution in [0.3, 0.4) is 0 Å². The van der Waals surface area contributed by atoms with E-state index in [1.165, 1.54) is 6.07 Å². The van der Waals surface area contributed by atoms with Crippen molar-refractivity contribution < 1.29 is 9.13 Å². The number of ether oxygens (including phenoxy) is 1. The van der Waals surface area contributed by atoms with Gasteiger partial charge in [0.2, 0.25) is 0 Å². The monoisotopic (exact) mass is 245 g/mol.